The average Bonchev–Trinajstić information content (AvgIpc) is 2.70. The van der Waals surface area contributed by atoms with Crippen LogP contribution >= 0.6 is 34.8 Å². The average molecular weight is 342 g/mol. The number of ether oxygens (including phenoxy) is 1. The van der Waals surface area contributed by atoms with Crippen LogP contribution in [-0.4, -0.2) is 5.60 Å². The minimum atomic E-state index is -0.375. The molecule has 0 aliphatic carbocycles. The molecular formula is C17H15Cl3O. The molecule has 0 aromatic heterocycles. The number of alkyl halides is 1. The van der Waals surface area contributed by atoms with Gasteiger partial charge in [-0.05, 0) is 43.2 Å². The topological polar surface area (TPSA) is 9.23 Å². The van der Waals surface area contributed by atoms with E-state index in [4.69, 9.17) is 39.5 Å². The summed E-state index contributed by atoms with van der Waals surface area (Å²) < 4.78 is 5.89. The summed E-state index contributed by atoms with van der Waals surface area (Å²) in [6.45, 7) is 4.16. The van der Waals surface area contributed by atoms with E-state index < -0.39 is 0 Å². The second-order valence-electron chi connectivity index (χ2n) is 5.90. The molecule has 0 bridgehead atoms. The molecule has 2 aromatic rings. The molecule has 0 N–H and O–H groups in total. The summed E-state index contributed by atoms with van der Waals surface area (Å²) in [4.78, 5) is 0. The minimum absolute atomic E-state index is 0.162. The summed E-state index contributed by atoms with van der Waals surface area (Å²) >= 11 is 19.1. The molecule has 0 fully saturated rings. The van der Waals surface area contributed by atoms with Gasteiger partial charge < -0.3 is 4.74 Å². The molecule has 1 nitrogen and oxygen atoms in total. The zero-order chi connectivity index (χ0) is 15.2. The third-order valence-electron chi connectivity index (χ3n) is 3.63. The Labute approximate surface area is 139 Å². The Morgan fingerprint density at radius 2 is 1.76 bits per heavy atom. The van der Waals surface area contributed by atoms with Crippen LogP contribution in [0.15, 0.2) is 36.4 Å². The van der Waals surface area contributed by atoms with Gasteiger partial charge in [-0.3, -0.25) is 0 Å². The van der Waals surface area contributed by atoms with E-state index in [9.17, 15) is 0 Å². The molecule has 1 atom stereocenters. The Hall–Kier alpha value is -0.890. The highest BCUT2D eigenvalue weighted by Gasteiger charge is 2.30. The number of hydrogen-bond donors (Lipinski definition) is 0. The molecule has 0 saturated carbocycles. The van der Waals surface area contributed by atoms with E-state index in [-0.39, 0.29) is 11.0 Å². The molecular weight excluding hydrogens is 327 g/mol. The summed E-state index contributed by atoms with van der Waals surface area (Å²) in [6.07, 6.45) is 0.871. The maximum Gasteiger partial charge on any atom is 0.123 e. The van der Waals surface area contributed by atoms with Crippen molar-refractivity contribution in [3.8, 4) is 5.75 Å². The largest absolute Gasteiger partial charge is 0.487 e. The zero-order valence-electron chi connectivity index (χ0n) is 11.8. The van der Waals surface area contributed by atoms with Crippen molar-refractivity contribution < 1.29 is 4.74 Å². The first-order chi connectivity index (χ1) is 9.87. The second kappa shape index (κ2) is 5.39. The smallest absolute Gasteiger partial charge is 0.123 e. The van der Waals surface area contributed by atoms with Crippen molar-refractivity contribution in [1.29, 1.82) is 0 Å². The standard InChI is InChI=1S/C17H15Cl3O/c1-17(2)9-11-8-10(6-7-14(11)21-17)16(20)15-12(18)4-3-5-13(15)19/h3-8,16H,9H2,1-2H3. The lowest BCUT2D eigenvalue weighted by Gasteiger charge is -2.16. The van der Waals surface area contributed by atoms with Crippen molar-refractivity contribution in [1.82, 2.24) is 0 Å². The van der Waals surface area contributed by atoms with E-state index in [1.165, 1.54) is 5.56 Å². The number of halogens is 3. The van der Waals surface area contributed by atoms with Crippen molar-refractivity contribution in [2.45, 2.75) is 31.2 Å². The number of benzene rings is 2. The molecule has 1 aliphatic heterocycles. The van der Waals surface area contributed by atoms with E-state index in [0.717, 1.165) is 23.3 Å². The fourth-order valence-electron chi connectivity index (χ4n) is 2.71. The molecule has 1 heterocycles. The van der Waals surface area contributed by atoms with Gasteiger partial charge in [0.05, 0.1) is 5.38 Å². The van der Waals surface area contributed by atoms with Crippen LogP contribution in [-0.2, 0) is 6.42 Å². The molecule has 4 heteroatoms. The molecule has 0 radical (unpaired) electrons. The number of rotatable bonds is 2. The van der Waals surface area contributed by atoms with Crippen molar-refractivity contribution in [3.63, 3.8) is 0 Å². The van der Waals surface area contributed by atoms with E-state index in [0.29, 0.717) is 10.0 Å². The number of hydrogen-bond acceptors (Lipinski definition) is 1. The quantitative estimate of drug-likeness (QED) is 0.605. The number of fused-ring (bicyclic) bond motifs is 1. The lowest BCUT2D eigenvalue weighted by atomic mass is 9.97. The molecule has 1 aliphatic rings. The second-order valence-corrected chi connectivity index (χ2v) is 7.15. The highest BCUT2D eigenvalue weighted by atomic mass is 35.5. The first kappa shape index (κ1) is 15.0. The van der Waals surface area contributed by atoms with Crippen molar-refractivity contribution in [3.05, 3.63) is 63.1 Å². The summed E-state index contributed by atoms with van der Waals surface area (Å²) in [6, 6.07) is 11.4. The highest BCUT2D eigenvalue weighted by Crippen LogP contribution is 2.41. The van der Waals surface area contributed by atoms with E-state index in [1.54, 1.807) is 12.1 Å². The van der Waals surface area contributed by atoms with Gasteiger partial charge in [0.15, 0.2) is 0 Å². The summed E-state index contributed by atoms with van der Waals surface area (Å²) in [5.41, 5.74) is 2.74. The molecule has 1 unspecified atom stereocenters. The predicted octanol–water partition coefficient (Wildman–Crippen LogP) is 6.04. The molecule has 0 amide bonds. The maximum absolute atomic E-state index is 6.61. The molecule has 110 valence electrons. The summed E-state index contributed by atoms with van der Waals surface area (Å²) in [5, 5.41) is 0.791. The third kappa shape index (κ3) is 2.88. The Morgan fingerprint density at radius 1 is 1.10 bits per heavy atom. The van der Waals surface area contributed by atoms with Crippen LogP contribution in [0.25, 0.3) is 0 Å². The fourth-order valence-corrected chi connectivity index (χ4v) is 3.80. The zero-order valence-corrected chi connectivity index (χ0v) is 14.1. The van der Waals surface area contributed by atoms with Gasteiger partial charge in [-0.25, -0.2) is 0 Å². The lowest BCUT2D eigenvalue weighted by Crippen LogP contribution is -2.24. The van der Waals surface area contributed by atoms with Gasteiger partial charge in [-0.1, -0.05) is 41.4 Å². The summed E-state index contributed by atoms with van der Waals surface area (Å²) in [7, 11) is 0. The van der Waals surface area contributed by atoms with Crippen LogP contribution < -0.4 is 4.74 Å². The van der Waals surface area contributed by atoms with Crippen LogP contribution in [0.2, 0.25) is 10.0 Å². The van der Waals surface area contributed by atoms with Crippen LogP contribution in [0, 0.1) is 0 Å². The van der Waals surface area contributed by atoms with Gasteiger partial charge in [0, 0.05) is 22.0 Å². The van der Waals surface area contributed by atoms with Crippen molar-refractivity contribution in [2.24, 2.45) is 0 Å². The van der Waals surface area contributed by atoms with Gasteiger partial charge in [0.25, 0.3) is 0 Å². The Bertz CT molecular complexity index is 674. The van der Waals surface area contributed by atoms with Gasteiger partial charge in [-0.2, -0.15) is 0 Å². The minimum Gasteiger partial charge on any atom is -0.487 e. The fraction of sp³-hybridized carbons (Fsp3) is 0.294. The van der Waals surface area contributed by atoms with Gasteiger partial charge in [-0.15, -0.1) is 11.6 Å². The molecule has 0 spiro atoms. The van der Waals surface area contributed by atoms with Crippen LogP contribution in [0.5, 0.6) is 5.75 Å². The van der Waals surface area contributed by atoms with Crippen molar-refractivity contribution in [2.75, 3.05) is 0 Å². The molecule has 0 saturated heterocycles. The van der Waals surface area contributed by atoms with Crippen LogP contribution in [0.1, 0.15) is 35.9 Å². The maximum atomic E-state index is 6.61. The van der Waals surface area contributed by atoms with E-state index in [1.807, 2.05) is 18.2 Å². The lowest BCUT2D eigenvalue weighted by molar-refractivity contribution is 0.138. The molecule has 2 aromatic carbocycles. The third-order valence-corrected chi connectivity index (χ3v) is 4.76. The first-order valence-electron chi connectivity index (χ1n) is 6.77. The van der Waals surface area contributed by atoms with Crippen LogP contribution in [0.3, 0.4) is 0 Å². The molecule has 3 rings (SSSR count). The van der Waals surface area contributed by atoms with Crippen molar-refractivity contribution >= 4 is 34.8 Å². The Kier molecular flexibility index (Phi) is 3.85. The Balaban J connectivity index is 1.99. The predicted molar refractivity (Wildman–Crippen MR) is 89.0 cm³/mol. The SMILES string of the molecule is CC1(C)Cc2cc(C(Cl)c3c(Cl)cccc3Cl)ccc2O1. The van der Waals surface area contributed by atoms with E-state index in [2.05, 4.69) is 19.9 Å². The Morgan fingerprint density at radius 3 is 2.43 bits per heavy atom. The summed E-state index contributed by atoms with van der Waals surface area (Å²) in [5.74, 6) is 0.929. The first-order valence-corrected chi connectivity index (χ1v) is 7.96. The van der Waals surface area contributed by atoms with E-state index >= 15 is 0 Å². The van der Waals surface area contributed by atoms with Gasteiger partial charge in [0.1, 0.15) is 11.4 Å². The van der Waals surface area contributed by atoms with Gasteiger partial charge in [0.2, 0.25) is 0 Å². The normalized spacial score (nSPS) is 17.2. The van der Waals surface area contributed by atoms with Crippen LogP contribution in [0.4, 0.5) is 0 Å². The van der Waals surface area contributed by atoms with Gasteiger partial charge >= 0.3 is 0 Å². The molecule has 21 heavy (non-hydrogen) atoms. The monoisotopic (exact) mass is 340 g/mol. The highest BCUT2D eigenvalue weighted by molar-refractivity contribution is 6.38.